The summed E-state index contributed by atoms with van der Waals surface area (Å²) in [5.41, 5.74) is 0.968. The Balaban J connectivity index is 1.54. The maximum absolute atomic E-state index is 12.7. The Kier molecular flexibility index (Phi) is 10.2. The predicted molar refractivity (Wildman–Crippen MR) is 140 cm³/mol. The van der Waals surface area contributed by atoms with Gasteiger partial charge in [-0.1, -0.05) is 23.7 Å². The highest BCUT2D eigenvalue weighted by Gasteiger charge is 2.19. The molecule has 1 aromatic heterocycles. The van der Waals surface area contributed by atoms with Gasteiger partial charge in [0.05, 0.1) is 29.7 Å². The second kappa shape index (κ2) is 13.6. The minimum Gasteiger partial charge on any atom is -0.496 e. The van der Waals surface area contributed by atoms with Gasteiger partial charge in [-0.05, 0) is 48.4 Å². The number of ether oxygens (including phenoxy) is 2. The first-order chi connectivity index (χ1) is 18.6. The third kappa shape index (κ3) is 8.40. The Morgan fingerprint density at radius 2 is 1.72 bits per heavy atom. The van der Waals surface area contributed by atoms with E-state index in [0.29, 0.717) is 22.8 Å². The standard InChI is InChI=1S/C25H25ClN4O8S/c1-37-21-8-5-18(26)14-20(21)24(33)27-11-10-16-2-6-19(7-3-16)39(35,36)30-23(32)17-4-9-22(29-15-17)38-25(34)28-12-13-31/h2-9,14-15,31H,10-13H2,1H3,(H,27,33)(H,28,34)(H,30,32). The zero-order valence-electron chi connectivity index (χ0n) is 20.6. The number of carbonyl (C=O) groups is 3. The van der Waals surface area contributed by atoms with Crippen molar-refractivity contribution in [3.8, 4) is 11.6 Å². The monoisotopic (exact) mass is 576 g/mol. The Labute approximate surface area is 229 Å². The van der Waals surface area contributed by atoms with Gasteiger partial charge in [-0.3, -0.25) is 9.59 Å². The number of sulfonamides is 1. The van der Waals surface area contributed by atoms with Gasteiger partial charge < -0.3 is 25.2 Å². The molecule has 2 aromatic carbocycles. The van der Waals surface area contributed by atoms with Crippen molar-refractivity contribution in [1.82, 2.24) is 20.3 Å². The summed E-state index contributed by atoms with van der Waals surface area (Å²) in [5.74, 6) is -1.03. The summed E-state index contributed by atoms with van der Waals surface area (Å²) in [6.07, 6.45) is 0.624. The smallest absolute Gasteiger partial charge is 0.414 e. The van der Waals surface area contributed by atoms with E-state index in [4.69, 9.17) is 26.2 Å². The van der Waals surface area contributed by atoms with Gasteiger partial charge >= 0.3 is 6.09 Å². The molecule has 4 N–H and O–H groups in total. The van der Waals surface area contributed by atoms with E-state index in [2.05, 4.69) is 15.6 Å². The summed E-state index contributed by atoms with van der Waals surface area (Å²) >= 11 is 5.96. The van der Waals surface area contributed by atoms with Crippen LogP contribution in [0.25, 0.3) is 0 Å². The van der Waals surface area contributed by atoms with E-state index < -0.39 is 22.0 Å². The molecule has 0 fully saturated rings. The summed E-state index contributed by atoms with van der Waals surface area (Å²) < 4.78 is 37.3. The first kappa shape index (κ1) is 29.4. The molecular formula is C25H25ClN4O8S. The maximum atomic E-state index is 12.7. The summed E-state index contributed by atoms with van der Waals surface area (Å²) in [5, 5.41) is 14.1. The minimum absolute atomic E-state index is 0.00561. The largest absolute Gasteiger partial charge is 0.496 e. The molecule has 3 rings (SSSR count). The zero-order valence-corrected chi connectivity index (χ0v) is 22.2. The van der Waals surface area contributed by atoms with Gasteiger partial charge in [0.25, 0.3) is 21.8 Å². The normalized spacial score (nSPS) is 10.8. The minimum atomic E-state index is -4.19. The fourth-order valence-electron chi connectivity index (χ4n) is 3.21. The average Bonchev–Trinajstić information content (AvgIpc) is 2.92. The predicted octanol–water partition coefficient (Wildman–Crippen LogP) is 1.92. The van der Waals surface area contributed by atoms with Crippen LogP contribution in [-0.4, -0.2) is 63.2 Å². The Hall–Kier alpha value is -4.20. The van der Waals surface area contributed by atoms with E-state index >= 15 is 0 Å². The van der Waals surface area contributed by atoms with E-state index in [1.54, 1.807) is 24.3 Å². The highest BCUT2D eigenvalue weighted by Crippen LogP contribution is 2.22. The van der Waals surface area contributed by atoms with Crippen LogP contribution in [0.15, 0.2) is 65.7 Å². The fourth-order valence-corrected chi connectivity index (χ4v) is 4.36. The molecule has 12 nitrogen and oxygen atoms in total. The molecule has 0 saturated carbocycles. The molecule has 0 spiro atoms. The van der Waals surface area contributed by atoms with Crippen LogP contribution in [0.1, 0.15) is 26.3 Å². The lowest BCUT2D eigenvalue weighted by Gasteiger charge is -2.10. The van der Waals surface area contributed by atoms with Gasteiger partial charge in [0, 0.05) is 30.4 Å². The highest BCUT2D eigenvalue weighted by atomic mass is 35.5. The molecule has 39 heavy (non-hydrogen) atoms. The van der Waals surface area contributed by atoms with E-state index in [1.807, 2.05) is 4.72 Å². The summed E-state index contributed by atoms with van der Waals surface area (Å²) in [7, 11) is -2.74. The van der Waals surface area contributed by atoms with E-state index in [1.165, 1.54) is 37.4 Å². The van der Waals surface area contributed by atoms with Crippen LogP contribution in [-0.2, 0) is 16.4 Å². The molecule has 0 bridgehead atoms. The maximum Gasteiger partial charge on any atom is 0.414 e. The quantitative estimate of drug-likeness (QED) is 0.266. The first-order valence-corrected chi connectivity index (χ1v) is 13.3. The summed E-state index contributed by atoms with van der Waals surface area (Å²) in [4.78, 5) is 40.0. The second-order valence-corrected chi connectivity index (χ2v) is 9.97. The van der Waals surface area contributed by atoms with Crippen LogP contribution in [0, 0.1) is 0 Å². The second-order valence-electron chi connectivity index (χ2n) is 7.85. The van der Waals surface area contributed by atoms with Crippen molar-refractivity contribution in [2.45, 2.75) is 11.3 Å². The summed E-state index contributed by atoms with van der Waals surface area (Å²) in [6, 6.07) is 13.0. The average molecular weight is 577 g/mol. The van der Waals surface area contributed by atoms with Gasteiger partial charge in [0.1, 0.15) is 5.75 Å². The molecular weight excluding hydrogens is 552 g/mol. The first-order valence-electron chi connectivity index (χ1n) is 11.4. The van der Waals surface area contributed by atoms with Crippen LogP contribution in [0.2, 0.25) is 5.02 Å². The third-order valence-electron chi connectivity index (χ3n) is 5.14. The number of aliphatic hydroxyl groups is 1. The molecule has 3 aromatic rings. The number of nitrogens with one attached hydrogen (secondary N) is 3. The Morgan fingerprint density at radius 3 is 2.36 bits per heavy atom. The molecule has 0 atom stereocenters. The molecule has 0 radical (unpaired) electrons. The van der Waals surface area contributed by atoms with Gasteiger partial charge in [-0.25, -0.2) is 22.9 Å². The van der Waals surface area contributed by atoms with E-state index in [0.717, 1.165) is 11.8 Å². The fraction of sp³-hybridized carbons (Fsp3) is 0.200. The number of hydrogen-bond acceptors (Lipinski definition) is 9. The van der Waals surface area contributed by atoms with Crippen LogP contribution < -0.4 is 24.8 Å². The molecule has 1 heterocycles. The molecule has 14 heteroatoms. The lowest BCUT2D eigenvalue weighted by molar-refractivity contribution is 0.0948. The van der Waals surface area contributed by atoms with Crippen molar-refractivity contribution in [2.24, 2.45) is 0 Å². The number of rotatable bonds is 11. The number of hydrogen-bond donors (Lipinski definition) is 4. The van der Waals surface area contributed by atoms with Gasteiger partial charge in [-0.15, -0.1) is 0 Å². The van der Waals surface area contributed by atoms with Crippen molar-refractivity contribution < 1.29 is 37.4 Å². The number of halogens is 1. The molecule has 0 aliphatic carbocycles. The Bertz CT molecular complexity index is 1430. The number of aliphatic hydroxyl groups excluding tert-OH is 1. The van der Waals surface area contributed by atoms with Crippen LogP contribution in [0.4, 0.5) is 4.79 Å². The topological polar surface area (TPSA) is 173 Å². The number of pyridine rings is 1. The van der Waals surface area contributed by atoms with Crippen molar-refractivity contribution in [3.63, 3.8) is 0 Å². The number of nitrogens with zero attached hydrogens (tertiary/aromatic N) is 1. The lowest BCUT2D eigenvalue weighted by Crippen LogP contribution is -2.31. The number of aromatic nitrogens is 1. The third-order valence-corrected chi connectivity index (χ3v) is 6.73. The number of benzene rings is 2. The summed E-state index contributed by atoms with van der Waals surface area (Å²) in [6.45, 7) is -0.000626. The molecule has 0 unspecified atom stereocenters. The van der Waals surface area contributed by atoms with E-state index in [9.17, 15) is 22.8 Å². The SMILES string of the molecule is COc1ccc(Cl)cc1C(=O)NCCc1ccc(S(=O)(=O)NC(=O)c2ccc(OC(=O)NCCO)nc2)cc1. The van der Waals surface area contributed by atoms with Gasteiger partial charge in [0.2, 0.25) is 5.88 Å². The van der Waals surface area contributed by atoms with E-state index in [-0.39, 0.29) is 41.9 Å². The van der Waals surface area contributed by atoms with Crippen molar-refractivity contribution in [3.05, 3.63) is 82.5 Å². The molecule has 0 aliphatic rings. The number of carbonyl (C=O) groups excluding carboxylic acids is 3. The van der Waals surface area contributed by atoms with Gasteiger partial charge in [-0.2, -0.15) is 0 Å². The molecule has 0 saturated heterocycles. The van der Waals surface area contributed by atoms with Crippen molar-refractivity contribution in [2.75, 3.05) is 26.8 Å². The van der Waals surface area contributed by atoms with Crippen molar-refractivity contribution in [1.29, 1.82) is 0 Å². The highest BCUT2D eigenvalue weighted by molar-refractivity contribution is 7.90. The number of amides is 3. The zero-order chi connectivity index (χ0) is 28.4. The Morgan fingerprint density at radius 1 is 0.974 bits per heavy atom. The number of methoxy groups -OCH3 is 1. The van der Waals surface area contributed by atoms with Crippen LogP contribution in [0.5, 0.6) is 11.6 Å². The van der Waals surface area contributed by atoms with Crippen LogP contribution >= 0.6 is 11.6 Å². The molecule has 3 amide bonds. The van der Waals surface area contributed by atoms with Crippen LogP contribution in [0.3, 0.4) is 0 Å². The van der Waals surface area contributed by atoms with Gasteiger partial charge in [0.15, 0.2) is 0 Å². The van der Waals surface area contributed by atoms with Crippen molar-refractivity contribution >= 4 is 39.5 Å². The molecule has 206 valence electrons. The lowest BCUT2D eigenvalue weighted by atomic mass is 10.1. The molecule has 0 aliphatic heterocycles.